The molecule has 1 aromatic heterocycles. The summed E-state index contributed by atoms with van der Waals surface area (Å²) in [5, 5.41) is 0.953. The van der Waals surface area contributed by atoms with Crippen LogP contribution >= 0.6 is 0 Å². The molecule has 0 radical (unpaired) electrons. The van der Waals surface area contributed by atoms with Crippen LogP contribution in [0.25, 0.3) is 10.9 Å². The Morgan fingerprint density at radius 3 is 2.74 bits per heavy atom. The van der Waals surface area contributed by atoms with Gasteiger partial charge in [-0.2, -0.15) is 13.2 Å². The maximum absolute atomic E-state index is 12.1. The lowest BCUT2D eigenvalue weighted by Gasteiger charge is -2.18. The quantitative estimate of drug-likeness (QED) is 0.913. The molecule has 1 N–H and O–H groups in total. The molecule has 1 heterocycles. The molecule has 0 aliphatic carbocycles. The number of alkyl halides is 3. The number of carbonyl (C=O) groups is 1. The van der Waals surface area contributed by atoms with Crippen molar-refractivity contribution in [2.75, 3.05) is 13.6 Å². The molecule has 0 aliphatic heterocycles. The summed E-state index contributed by atoms with van der Waals surface area (Å²) >= 11 is 0. The Balaban J connectivity index is 2.09. The Morgan fingerprint density at radius 2 is 2.05 bits per heavy atom. The molecule has 1 amide bonds. The number of benzene rings is 1. The van der Waals surface area contributed by atoms with Crippen molar-refractivity contribution in [2.24, 2.45) is 0 Å². The van der Waals surface area contributed by atoms with E-state index in [-0.39, 0.29) is 6.54 Å². The van der Waals surface area contributed by atoms with Gasteiger partial charge in [-0.05, 0) is 23.6 Å². The fourth-order valence-corrected chi connectivity index (χ4v) is 1.80. The van der Waals surface area contributed by atoms with Gasteiger partial charge in [0.1, 0.15) is 0 Å². The second-order valence-corrected chi connectivity index (χ2v) is 4.37. The molecule has 0 saturated carbocycles. The van der Waals surface area contributed by atoms with Gasteiger partial charge in [0.05, 0.1) is 6.42 Å². The number of fused-ring (bicyclic) bond motifs is 1. The van der Waals surface area contributed by atoms with Crippen LogP contribution in [0.4, 0.5) is 13.2 Å². The highest BCUT2D eigenvalue weighted by Crippen LogP contribution is 2.20. The van der Waals surface area contributed by atoms with Gasteiger partial charge in [0.15, 0.2) is 0 Å². The van der Waals surface area contributed by atoms with E-state index in [1.807, 2.05) is 6.07 Å². The van der Waals surface area contributed by atoms with Crippen LogP contribution in [0, 0.1) is 0 Å². The molecule has 102 valence electrons. The van der Waals surface area contributed by atoms with Crippen LogP contribution in [0.3, 0.4) is 0 Å². The molecule has 0 bridgehead atoms. The Bertz CT molecular complexity index is 589. The second kappa shape index (κ2) is 4.95. The van der Waals surface area contributed by atoms with E-state index >= 15 is 0 Å². The van der Waals surface area contributed by atoms with Crippen molar-refractivity contribution in [1.82, 2.24) is 9.88 Å². The first-order chi connectivity index (χ1) is 8.87. The van der Waals surface area contributed by atoms with Crippen LogP contribution in [0.5, 0.6) is 0 Å². The monoisotopic (exact) mass is 270 g/mol. The smallest absolute Gasteiger partial charge is 0.361 e. The predicted molar refractivity (Wildman–Crippen MR) is 65.9 cm³/mol. The first kappa shape index (κ1) is 13.5. The third-order valence-corrected chi connectivity index (χ3v) is 2.88. The number of hydrogen-bond acceptors (Lipinski definition) is 1. The number of halogens is 3. The zero-order valence-electron chi connectivity index (χ0n) is 10.3. The number of carbonyl (C=O) groups excluding carboxylic acids is 1. The van der Waals surface area contributed by atoms with Crippen molar-refractivity contribution in [2.45, 2.75) is 12.6 Å². The lowest BCUT2D eigenvalue weighted by molar-refractivity contribution is -0.136. The van der Waals surface area contributed by atoms with E-state index < -0.39 is 18.5 Å². The molecule has 0 aliphatic rings. The van der Waals surface area contributed by atoms with Gasteiger partial charge in [-0.25, -0.2) is 0 Å². The highest BCUT2D eigenvalue weighted by Gasteiger charge is 2.28. The van der Waals surface area contributed by atoms with E-state index in [0.717, 1.165) is 15.8 Å². The molecule has 6 heteroatoms. The normalized spacial score (nSPS) is 11.8. The molecule has 2 rings (SSSR count). The average molecular weight is 270 g/mol. The van der Waals surface area contributed by atoms with Crippen LogP contribution in [0.1, 0.15) is 16.8 Å². The summed E-state index contributed by atoms with van der Waals surface area (Å²) < 4.78 is 36.3. The summed E-state index contributed by atoms with van der Waals surface area (Å²) in [5.41, 5.74) is 1.16. The van der Waals surface area contributed by atoms with Crippen molar-refractivity contribution >= 4 is 16.8 Å². The maximum Gasteiger partial charge on any atom is 0.390 e. The van der Waals surface area contributed by atoms with Gasteiger partial charge >= 0.3 is 6.18 Å². The minimum atomic E-state index is -4.25. The summed E-state index contributed by atoms with van der Waals surface area (Å²) in [7, 11) is 1.37. The second-order valence-electron chi connectivity index (χ2n) is 4.37. The summed E-state index contributed by atoms with van der Waals surface area (Å²) in [6.07, 6.45) is -3.51. The first-order valence-corrected chi connectivity index (χ1v) is 5.76. The molecular formula is C13H13F3N2O. The molecule has 0 spiro atoms. The molecular weight excluding hydrogens is 257 g/mol. The number of amides is 1. The third kappa shape index (κ3) is 3.27. The fraction of sp³-hybridized carbons (Fsp3) is 0.308. The molecule has 3 nitrogen and oxygen atoms in total. The zero-order chi connectivity index (χ0) is 14.0. The molecule has 2 aromatic rings. The van der Waals surface area contributed by atoms with Gasteiger partial charge < -0.3 is 9.88 Å². The van der Waals surface area contributed by atoms with Gasteiger partial charge in [0.25, 0.3) is 5.91 Å². The minimum absolute atomic E-state index is 0.342. The Labute approximate surface area is 108 Å². The van der Waals surface area contributed by atoms with Gasteiger partial charge in [-0.15, -0.1) is 0 Å². The van der Waals surface area contributed by atoms with Crippen molar-refractivity contribution in [1.29, 1.82) is 0 Å². The van der Waals surface area contributed by atoms with Gasteiger partial charge in [0, 0.05) is 30.9 Å². The lowest BCUT2D eigenvalue weighted by atomic mass is 10.1. The Morgan fingerprint density at radius 1 is 1.32 bits per heavy atom. The highest BCUT2D eigenvalue weighted by atomic mass is 19.4. The molecule has 0 saturated heterocycles. The molecule has 0 fully saturated rings. The van der Waals surface area contributed by atoms with Gasteiger partial charge in [-0.1, -0.05) is 6.07 Å². The summed E-state index contributed by atoms with van der Waals surface area (Å²) in [5.74, 6) is -0.416. The number of nitrogens with one attached hydrogen (secondary N) is 1. The molecule has 19 heavy (non-hydrogen) atoms. The number of aromatic nitrogens is 1. The average Bonchev–Trinajstić information content (AvgIpc) is 2.81. The van der Waals surface area contributed by atoms with Crippen molar-refractivity contribution in [3.05, 3.63) is 36.0 Å². The minimum Gasteiger partial charge on any atom is -0.361 e. The summed E-state index contributed by atoms with van der Waals surface area (Å²) in [6.45, 7) is -0.342. The largest absolute Gasteiger partial charge is 0.390 e. The summed E-state index contributed by atoms with van der Waals surface area (Å²) in [6, 6.07) is 6.87. The number of nitrogens with zero attached hydrogens (tertiary/aromatic N) is 1. The van der Waals surface area contributed by atoms with Crippen LogP contribution in [0.15, 0.2) is 30.5 Å². The van der Waals surface area contributed by atoms with Crippen molar-refractivity contribution in [3.63, 3.8) is 0 Å². The maximum atomic E-state index is 12.1. The SMILES string of the molecule is CN(CCC(F)(F)F)C(=O)c1ccc2cc[nH]c2c1. The standard InChI is InChI=1S/C13H13F3N2O/c1-18(7-5-13(14,15)16)12(19)10-3-2-9-4-6-17-11(9)8-10/h2-4,6,8,17H,5,7H2,1H3. The van der Waals surface area contributed by atoms with Crippen LogP contribution in [-0.2, 0) is 0 Å². The molecule has 0 unspecified atom stereocenters. The van der Waals surface area contributed by atoms with Crippen molar-refractivity contribution < 1.29 is 18.0 Å². The fourth-order valence-electron chi connectivity index (χ4n) is 1.80. The van der Waals surface area contributed by atoms with E-state index in [1.165, 1.54) is 7.05 Å². The van der Waals surface area contributed by atoms with E-state index in [9.17, 15) is 18.0 Å². The highest BCUT2D eigenvalue weighted by molar-refractivity contribution is 5.97. The summed E-state index contributed by atoms with van der Waals surface area (Å²) in [4.78, 5) is 16.0. The Kier molecular flexibility index (Phi) is 3.50. The third-order valence-electron chi connectivity index (χ3n) is 2.88. The number of H-pyrrole nitrogens is 1. The topological polar surface area (TPSA) is 36.1 Å². The van der Waals surface area contributed by atoms with E-state index in [1.54, 1.807) is 24.4 Å². The lowest BCUT2D eigenvalue weighted by Crippen LogP contribution is -2.30. The zero-order valence-corrected chi connectivity index (χ0v) is 10.3. The van der Waals surface area contributed by atoms with Crippen LogP contribution in [-0.4, -0.2) is 35.6 Å². The number of rotatable bonds is 3. The number of aromatic amines is 1. The molecule has 0 atom stereocenters. The Hall–Kier alpha value is -1.98. The van der Waals surface area contributed by atoms with Gasteiger partial charge in [0.2, 0.25) is 0 Å². The van der Waals surface area contributed by atoms with Crippen LogP contribution in [0.2, 0.25) is 0 Å². The number of hydrogen-bond donors (Lipinski definition) is 1. The van der Waals surface area contributed by atoms with E-state index in [2.05, 4.69) is 4.98 Å². The predicted octanol–water partition coefficient (Wildman–Crippen LogP) is 3.19. The van der Waals surface area contributed by atoms with Crippen LogP contribution < -0.4 is 0 Å². The van der Waals surface area contributed by atoms with E-state index in [0.29, 0.717) is 5.56 Å². The first-order valence-electron chi connectivity index (χ1n) is 5.76. The van der Waals surface area contributed by atoms with E-state index in [4.69, 9.17) is 0 Å². The molecule has 1 aromatic carbocycles. The van der Waals surface area contributed by atoms with Crippen molar-refractivity contribution in [3.8, 4) is 0 Å². The van der Waals surface area contributed by atoms with Gasteiger partial charge in [-0.3, -0.25) is 4.79 Å².